The third kappa shape index (κ3) is 8.85. The molecule has 0 saturated carbocycles. The zero-order valence-corrected chi connectivity index (χ0v) is 49.0. The second-order valence-corrected chi connectivity index (χ2v) is 25.1. The van der Waals surface area contributed by atoms with Crippen molar-refractivity contribution in [2.75, 3.05) is 0 Å². The molecule has 4 heterocycles. The van der Waals surface area contributed by atoms with Gasteiger partial charge in [0.15, 0.2) is 8.07 Å². The van der Waals surface area contributed by atoms with Crippen LogP contribution in [0.4, 0.5) is 0 Å². The average molecular weight is 1310 g/mol. The van der Waals surface area contributed by atoms with Gasteiger partial charge in [-0.2, -0.15) is 18.2 Å². The number of rotatable bonds is 9. The van der Waals surface area contributed by atoms with E-state index < -0.39 is 128 Å². The van der Waals surface area contributed by atoms with E-state index >= 15 is 0 Å². The van der Waals surface area contributed by atoms with Gasteiger partial charge >= 0.3 is 0 Å². The van der Waals surface area contributed by atoms with Crippen LogP contribution in [0, 0.1) is 32.2 Å². The second kappa shape index (κ2) is 21.3. The fourth-order valence-electron chi connectivity index (χ4n) is 12.0. The number of imidazole rings is 1. The Morgan fingerprint density at radius 1 is 0.518 bits per heavy atom. The number of aromatic nitrogens is 4. The molecule has 412 valence electrons. The monoisotopic (exact) mass is 1310 g/mol. The van der Waals surface area contributed by atoms with Crippen LogP contribution in [-0.4, -0.2) is 22.2 Å². The molecule has 0 aliphatic carbocycles. The first-order valence-corrected chi connectivity index (χ1v) is 29.1. The molecule has 0 amide bonds. The summed E-state index contributed by atoms with van der Waals surface area (Å²) in [7, 11) is -5.80. The van der Waals surface area contributed by atoms with Crippen molar-refractivity contribution in [1.82, 2.24) is 14.1 Å². The van der Waals surface area contributed by atoms with Gasteiger partial charge in [-0.05, 0) is 130 Å². The minimum atomic E-state index is -5.80. The molecule has 85 heavy (non-hydrogen) atoms. The molecular weight excluding hydrogens is 1230 g/mol. The standard InChI is InChI=1S/C78H58N4OSi.Pt/c1-52-23-19-24-53(2)75(52)69-38-21-36-68-70-50-61(84(58-27-9-6-10-28-58,59-29-11-7-12-30-59)60-31-13-8-14-32-60)42-44-64(70)62-33-15-16-34-63(62)67-37-22-40-72-77(67)81(76(68)69)51-80(72)55-25-20-26-56(48-55)83-57-41-43-66-65-35-17-18-39-71(65)82(73(66)49-57)74-47-54(45-46-79-74)78(3,4)5;/h6-47,50H,1-5H3;/q-2;/i1D3,2D3,6D,7D,8D,9D,10D,11D,12D,13D,14D,27D,28D,29D,30D,31D,32D;. The van der Waals surface area contributed by atoms with E-state index in [1.54, 1.807) is 63.9 Å². The van der Waals surface area contributed by atoms with Crippen molar-refractivity contribution in [3.63, 3.8) is 0 Å². The molecular formula is C78H58N4OPtSi-2. The summed E-state index contributed by atoms with van der Waals surface area (Å²) in [6.45, 7) is 0.471. The van der Waals surface area contributed by atoms with E-state index in [1.165, 1.54) is 30.3 Å². The van der Waals surface area contributed by atoms with Crippen LogP contribution in [-0.2, 0) is 26.5 Å². The molecule has 1 aliphatic rings. The minimum Gasteiger partial charge on any atom is -0.510 e. The molecule has 1 aliphatic heterocycles. The van der Waals surface area contributed by atoms with Gasteiger partial charge in [0.2, 0.25) is 0 Å². The number of hydrogen-bond acceptors (Lipinski definition) is 2. The van der Waals surface area contributed by atoms with Crippen LogP contribution >= 0.6 is 0 Å². The van der Waals surface area contributed by atoms with Crippen molar-refractivity contribution in [2.45, 2.75) is 39.9 Å². The maximum absolute atomic E-state index is 9.91. The Bertz CT molecular complexity index is 5790. The van der Waals surface area contributed by atoms with Crippen LogP contribution in [0.5, 0.6) is 11.5 Å². The van der Waals surface area contributed by atoms with Gasteiger partial charge in [0.05, 0.1) is 37.3 Å². The van der Waals surface area contributed by atoms with Crippen LogP contribution in [0.15, 0.2) is 261 Å². The minimum absolute atomic E-state index is 0. The SMILES string of the molecule is [2H]c1c([2H])c([2H])c([Si](c2ccc3c(c2)-c2cccc(-c4c(C([2H])([2H])[2H])cccc4C([2H])([2H])[2H])c2-[n+]2[c-]n(-c4[c-]c(Oc5[c-]c6c(cc5)c5ccccc5n6-c5cc(C(C)(C)C)ccn5)ccc4)c4cccc(c42)-c2ccccc2-3)(c2c([2H])c([2H])c([2H])c([2H])c2[2H])c2c([2H])c([2H])c([2H])c([2H])c2[2H])c([2H])c1[2H].[Pt]. The van der Waals surface area contributed by atoms with Crippen molar-refractivity contribution >= 4 is 61.7 Å². The number of ether oxygens (including phenoxy) is 1. The predicted molar refractivity (Wildman–Crippen MR) is 347 cm³/mol. The average Bonchev–Trinajstić information content (AvgIpc) is 0.836. The molecule has 7 heteroatoms. The van der Waals surface area contributed by atoms with Gasteiger partial charge in [0.1, 0.15) is 5.82 Å². The number of para-hydroxylation sites is 3. The summed E-state index contributed by atoms with van der Waals surface area (Å²) in [5.74, 6) is 1.29. The Kier molecular flexibility index (Phi) is 8.77. The number of fused-ring (bicyclic) bond motifs is 10. The molecule has 0 radical (unpaired) electrons. The van der Waals surface area contributed by atoms with Crippen molar-refractivity contribution in [1.29, 1.82) is 0 Å². The second-order valence-electron chi connectivity index (χ2n) is 21.5. The third-order valence-electron chi connectivity index (χ3n) is 15.8. The summed E-state index contributed by atoms with van der Waals surface area (Å²) < 4.78 is 208. The third-order valence-corrected chi connectivity index (χ3v) is 19.9. The number of nitrogens with zero attached hydrogens (tertiary/aromatic N) is 4. The van der Waals surface area contributed by atoms with Crippen molar-refractivity contribution in [3.8, 4) is 73.2 Å². The summed E-state index contributed by atoms with van der Waals surface area (Å²) in [5, 5.41) is -0.461. The van der Waals surface area contributed by atoms with Gasteiger partial charge in [-0.3, -0.25) is 4.57 Å². The van der Waals surface area contributed by atoms with E-state index in [4.69, 9.17) is 22.1 Å². The molecule has 0 saturated heterocycles. The van der Waals surface area contributed by atoms with Gasteiger partial charge in [-0.1, -0.05) is 232 Å². The van der Waals surface area contributed by atoms with E-state index in [2.05, 4.69) is 49.9 Å². The van der Waals surface area contributed by atoms with E-state index in [-0.39, 0.29) is 76.5 Å². The number of benzene rings is 11. The molecule has 14 aromatic rings. The zero-order chi connectivity index (χ0) is 74.7. The summed E-state index contributed by atoms with van der Waals surface area (Å²) in [5.41, 5.74) is 5.40. The van der Waals surface area contributed by atoms with Crippen LogP contribution < -0.4 is 30.1 Å². The van der Waals surface area contributed by atoms with Crippen LogP contribution in [0.3, 0.4) is 0 Å². The molecule has 0 spiro atoms. The maximum atomic E-state index is 9.91. The van der Waals surface area contributed by atoms with E-state index in [0.29, 0.717) is 56.1 Å². The first kappa shape index (κ1) is 35.0. The van der Waals surface area contributed by atoms with Crippen molar-refractivity contribution < 1.29 is 59.2 Å². The summed E-state index contributed by atoms with van der Waals surface area (Å²) >= 11 is 0. The fourth-order valence-corrected chi connectivity index (χ4v) is 15.8. The quantitative estimate of drug-likeness (QED) is 0.0625. The number of hydrogen-bond donors (Lipinski definition) is 0. The fraction of sp³-hybridized carbons (Fsp3) is 0.0769. The number of aryl methyl sites for hydroxylation is 2. The van der Waals surface area contributed by atoms with Gasteiger partial charge in [0, 0.05) is 52.5 Å². The van der Waals surface area contributed by atoms with Gasteiger partial charge in [0.25, 0.3) is 6.33 Å². The predicted octanol–water partition coefficient (Wildman–Crippen LogP) is 15.9. The van der Waals surface area contributed by atoms with E-state index in [0.717, 1.165) is 21.9 Å². The first-order valence-electron chi connectivity index (χ1n) is 37.6. The van der Waals surface area contributed by atoms with Crippen molar-refractivity contribution in [2.24, 2.45) is 0 Å². The van der Waals surface area contributed by atoms with Gasteiger partial charge in [-0.15, -0.1) is 29.7 Å². The Morgan fingerprint density at radius 3 is 1.81 bits per heavy atom. The summed E-state index contributed by atoms with van der Waals surface area (Å²) in [6.07, 6.45) is 5.40. The summed E-state index contributed by atoms with van der Waals surface area (Å²) in [6, 6.07) is 40.3. The molecule has 0 atom stereocenters. The van der Waals surface area contributed by atoms with Crippen molar-refractivity contribution in [3.05, 3.63) is 296 Å². The Labute approximate surface area is 541 Å². The molecule has 11 aromatic carbocycles. The maximum Gasteiger partial charge on any atom is 0.268 e. The molecule has 0 bridgehead atoms. The smallest absolute Gasteiger partial charge is 0.268 e. The number of pyridine rings is 1. The van der Waals surface area contributed by atoms with Gasteiger partial charge in [-0.25, -0.2) is 4.98 Å². The largest absolute Gasteiger partial charge is 0.510 e. The van der Waals surface area contributed by atoms with Gasteiger partial charge < -0.3 is 13.9 Å². The zero-order valence-electron chi connectivity index (χ0n) is 66.7. The first-order chi connectivity index (χ1) is 49.8. The Hall–Kier alpha value is -9.45. The Balaban J connectivity index is 0.00000944. The molecule has 0 N–H and O–H groups in total. The molecule has 15 rings (SSSR count). The molecule has 5 nitrogen and oxygen atoms in total. The summed E-state index contributed by atoms with van der Waals surface area (Å²) in [4.78, 5) is 4.85. The van der Waals surface area contributed by atoms with E-state index in [9.17, 15) is 16.4 Å². The van der Waals surface area contributed by atoms with Crippen LogP contribution in [0.2, 0.25) is 0 Å². The normalized spacial score (nSPS) is 15.8. The van der Waals surface area contributed by atoms with E-state index in [1.807, 2.05) is 78.9 Å². The Morgan fingerprint density at radius 2 is 1.11 bits per heavy atom. The van der Waals surface area contributed by atoms with Crippen LogP contribution in [0.1, 0.15) is 66.2 Å². The van der Waals surface area contributed by atoms with Crippen LogP contribution in [0.25, 0.3) is 94.5 Å². The molecule has 0 fully saturated rings. The topological polar surface area (TPSA) is 35.9 Å². The molecule has 0 unspecified atom stereocenters. The molecule has 3 aromatic heterocycles.